The normalized spacial score (nSPS) is 10.1. The van der Waals surface area contributed by atoms with Crippen LogP contribution in [0.2, 0.25) is 0 Å². The Labute approximate surface area is 129 Å². The van der Waals surface area contributed by atoms with E-state index in [0.29, 0.717) is 18.1 Å². The Bertz CT molecular complexity index is 572. The SMILES string of the molecule is CCSCC(=O)Nc1ccccc1OCc1ccccc1. The van der Waals surface area contributed by atoms with Gasteiger partial charge in [0.1, 0.15) is 12.4 Å². The maximum absolute atomic E-state index is 11.8. The van der Waals surface area contributed by atoms with Gasteiger partial charge < -0.3 is 10.1 Å². The van der Waals surface area contributed by atoms with Gasteiger partial charge in [-0.25, -0.2) is 0 Å². The monoisotopic (exact) mass is 301 g/mol. The summed E-state index contributed by atoms with van der Waals surface area (Å²) in [7, 11) is 0. The molecule has 1 amide bonds. The molecule has 0 saturated heterocycles. The quantitative estimate of drug-likeness (QED) is 0.841. The number of thioether (sulfide) groups is 1. The highest BCUT2D eigenvalue weighted by Gasteiger charge is 2.07. The van der Waals surface area contributed by atoms with E-state index in [-0.39, 0.29) is 5.91 Å². The summed E-state index contributed by atoms with van der Waals surface area (Å²) in [5, 5.41) is 2.90. The third-order valence-corrected chi connectivity index (χ3v) is 3.71. The van der Waals surface area contributed by atoms with Crippen molar-refractivity contribution < 1.29 is 9.53 Å². The zero-order valence-electron chi connectivity index (χ0n) is 12.0. The minimum atomic E-state index is -0.00221. The van der Waals surface area contributed by atoms with Crippen molar-refractivity contribution in [1.29, 1.82) is 0 Å². The van der Waals surface area contributed by atoms with Gasteiger partial charge in [-0.05, 0) is 23.4 Å². The molecule has 110 valence electrons. The van der Waals surface area contributed by atoms with Gasteiger partial charge in [-0.3, -0.25) is 4.79 Å². The number of hydrogen-bond donors (Lipinski definition) is 1. The molecule has 0 radical (unpaired) electrons. The van der Waals surface area contributed by atoms with Gasteiger partial charge >= 0.3 is 0 Å². The number of ether oxygens (including phenoxy) is 1. The first kappa shape index (κ1) is 15.4. The van der Waals surface area contributed by atoms with Gasteiger partial charge in [0.2, 0.25) is 5.91 Å². The number of para-hydroxylation sites is 2. The molecule has 3 nitrogen and oxygen atoms in total. The van der Waals surface area contributed by atoms with Crippen molar-refractivity contribution in [2.45, 2.75) is 13.5 Å². The lowest BCUT2D eigenvalue weighted by Gasteiger charge is -2.12. The predicted octanol–water partition coefficient (Wildman–Crippen LogP) is 3.96. The van der Waals surface area contributed by atoms with E-state index in [2.05, 4.69) is 5.32 Å². The first-order valence-corrected chi connectivity index (χ1v) is 8.08. The minimum Gasteiger partial charge on any atom is -0.487 e. The predicted molar refractivity (Wildman–Crippen MR) is 88.8 cm³/mol. The van der Waals surface area contributed by atoms with Crippen LogP contribution in [0.4, 0.5) is 5.69 Å². The fraction of sp³-hybridized carbons (Fsp3) is 0.235. The van der Waals surface area contributed by atoms with E-state index in [4.69, 9.17) is 4.74 Å². The largest absolute Gasteiger partial charge is 0.487 e. The Morgan fingerprint density at radius 3 is 2.57 bits per heavy atom. The topological polar surface area (TPSA) is 38.3 Å². The Morgan fingerprint density at radius 1 is 1.10 bits per heavy atom. The number of anilines is 1. The Morgan fingerprint density at radius 2 is 1.81 bits per heavy atom. The maximum Gasteiger partial charge on any atom is 0.234 e. The molecule has 2 rings (SSSR count). The second-order valence-corrected chi connectivity index (χ2v) is 5.73. The molecule has 0 atom stereocenters. The molecule has 0 saturated carbocycles. The Balaban J connectivity index is 1.98. The first-order chi connectivity index (χ1) is 10.3. The number of amides is 1. The van der Waals surface area contributed by atoms with Gasteiger partial charge in [-0.1, -0.05) is 49.4 Å². The van der Waals surface area contributed by atoms with Crippen LogP contribution in [0.1, 0.15) is 12.5 Å². The lowest BCUT2D eigenvalue weighted by molar-refractivity contribution is -0.113. The maximum atomic E-state index is 11.8. The molecule has 2 aromatic carbocycles. The third kappa shape index (κ3) is 5.16. The molecule has 0 aliphatic carbocycles. The number of carbonyl (C=O) groups is 1. The second-order valence-electron chi connectivity index (χ2n) is 4.46. The molecule has 0 heterocycles. The van der Waals surface area contributed by atoms with Gasteiger partial charge in [0.25, 0.3) is 0 Å². The van der Waals surface area contributed by atoms with E-state index in [1.54, 1.807) is 11.8 Å². The van der Waals surface area contributed by atoms with Crippen LogP contribution >= 0.6 is 11.8 Å². The molecule has 0 aliphatic heterocycles. The van der Waals surface area contributed by atoms with Crippen LogP contribution in [0, 0.1) is 0 Å². The highest BCUT2D eigenvalue weighted by atomic mass is 32.2. The zero-order valence-corrected chi connectivity index (χ0v) is 12.9. The Kier molecular flexibility index (Phi) is 6.16. The van der Waals surface area contributed by atoms with Crippen LogP contribution in [0.3, 0.4) is 0 Å². The molecule has 2 aromatic rings. The summed E-state index contributed by atoms with van der Waals surface area (Å²) in [6.07, 6.45) is 0. The standard InChI is InChI=1S/C17H19NO2S/c1-2-21-13-17(19)18-15-10-6-7-11-16(15)20-12-14-8-4-3-5-9-14/h3-11H,2,12-13H2,1H3,(H,18,19). The van der Waals surface area contributed by atoms with Crippen molar-refractivity contribution in [2.75, 3.05) is 16.8 Å². The van der Waals surface area contributed by atoms with Gasteiger partial charge in [0, 0.05) is 0 Å². The van der Waals surface area contributed by atoms with E-state index >= 15 is 0 Å². The van der Waals surface area contributed by atoms with Crippen molar-refractivity contribution in [3.8, 4) is 5.75 Å². The van der Waals surface area contributed by atoms with Crippen LogP contribution in [0.25, 0.3) is 0 Å². The lowest BCUT2D eigenvalue weighted by atomic mass is 10.2. The van der Waals surface area contributed by atoms with Crippen molar-refractivity contribution in [2.24, 2.45) is 0 Å². The molecule has 4 heteroatoms. The van der Waals surface area contributed by atoms with Crippen molar-refractivity contribution in [3.05, 3.63) is 60.2 Å². The molecule has 0 unspecified atom stereocenters. The van der Waals surface area contributed by atoms with Crippen LogP contribution < -0.4 is 10.1 Å². The molecule has 0 bridgehead atoms. The average Bonchev–Trinajstić information content (AvgIpc) is 2.53. The molecule has 1 N–H and O–H groups in total. The number of benzene rings is 2. The van der Waals surface area contributed by atoms with Crippen LogP contribution in [0.15, 0.2) is 54.6 Å². The summed E-state index contributed by atoms with van der Waals surface area (Å²) in [6.45, 7) is 2.52. The summed E-state index contributed by atoms with van der Waals surface area (Å²) < 4.78 is 5.81. The molecule has 0 spiro atoms. The molecular weight excluding hydrogens is 282 g/mol. The summed E-state index contributed by atoms with van der Waals surface area (Å²) in [5.74, 6) is 2.08. The molecule has 0 aliphatic rings. The summed E-state index contributed by atoms with van der Waals surface area (Å²) in [5.41, 5.74) is 1.82. The number of nitrogens with one attached hydrogen (secondary N) is 1. The Hall–Kier alpha value is -1.94. The number of rotatable bonds is 7. The van der Waals surface area contributed by atoms with Gasteiger partial charge in [0.05, 0.1) is 11.4 Å². The van der Waals surface area contributed by atoms with Gasteiger partial charge in [-0.2, -0.15) is 11.8 Å². The minimum absolute atomic E-state index is 0.00221. The first-order valence-electron chi connectivity index (χ1n) is 6.93. The fourth-order valence-corrected chi connectivity index (χ4v) is 2.27. The van der Waals surface area contributed by atoms with E-state index in [1.807, 2.05) is 61.5 Å². The summed E-state index contributed by atoms with van der Waals surface area (Å²) in [4.78, 5) is 11.8. The van der Waals surface area contributed by atoms with E-state index in [0.717, 1.165) is 17.0 Å². The zero-order chi connectivity index (χ0) is 14.9. The highest BCUT2D eigenvalue weighted by molar-refractivity contribution is 7.99. The fourth-order valence-electron chi connectivity index (χ4n) is 1.81. The van der Waals surface area contributed by atoms with Crippen LogP contribution in [-0.2, 0) is 11.4 Å². The summed E-state index contributed by atoms with van der Waals surface area (Å²) >= 11 is 1.60. The lowest BCUT2D eigenvalue weighted by Crippen LogP contribution is -2.15. The number of hydrogen-bond acceptors (Lipinski definition) is 3. The smallest absolute Gasteiger partial charge is 0.234 e. The van der Waals surface area contributed by atoms with Gasteiger partial charge in [-0.15, -0.1) is 0 Å². The molecule has 21 heavy (non-hydrogen) atoms. The van der Waals surface area contributed by atoms with Crippen molar-refractivity contribution in [1.82, 2.24) is 0 Å². The van der Waals surface area contributed by atoms with Crippen molar-refractivity contribution >= 4 is 23.4 Å². The number of carbonyl (C=O) groups excluding carboxylic acids is 1. The summed E-state index contributed by atoms with van der Waals surface area (Å²) in [6, 6.07) is 17.5. The third-order valence-electron chi connectivity index (χ3n) is 2.84. The van der Waals surface area contributed by atoms with Crippen LogP contribution in [0.5, 0.6) is 5.75 Å². The van der Waals surface area contributed by atoms with Gasteiger partial charge in [0.15, 0.2) is 0 Å². The van der Waals surface area contributed by atoms with E-state index < -0.39 is 0 Å². The average molecular weight is 301 g/mol. The van der Waals surface area contributed by atoms with Crippen molar-refractivity contribution in [3.63, 3.8) is 0 Å². The van der Waals surface area contributed by atoms with Crippen LogP contribution in [-0.4, -0.2) is 17.4 Å². The molecular formula is C17H19NO2S. The second kappa shape index (κ2) is 8.37. The van der Waals surface area contributed by atoms with E-state index in [9.17, 15) is 4.79 Å². The highest BCUT2D eigenvalue weighted by Crippen LogP contribution is 2.24. The molecule has 0 aromatic heterocycles. The van der Waals surface area contributed by atoms with E-state index in [1.165, 1.54) is 0 Å². The molecule has 0 fully saturated rings.